The van der Waals surface area contributed by atoms with Crippen molar-refractivity contribution in [2.24, 2.45) is 0 Å². The molecule has 3 nitrogen and oxygen atoms in total. The van der Waals surface area contributed by atoms with Gasteiger partial charge in [0.1, 0.15) is 11.1 Å². The van der Waals surface area contributed by atoms with Crippen molar-refractivity contribution in [2.45, 2.75) is 31.0 Å². The van der Waals surface area contributed by atoms with E-state index in [-0.39, 0.29) is 24.0 Å². The Morgan fingerprint density at radius 2 is 2.08 bits per heavy atom. The maximum absolute atomic E-state index is 4.56. The number of allylic oxidation sites excluding steroid dienone is 2. The van der Waals surface area contributed by atoms with Crippen LogP contribution in [0.4, 0.5) is 10.8 Å². The van der Waals surface area contributed by atoms with Crippen molar-refractivity contribution in [1.29, 1.82) is 0 Å². The number of nitrogens with one attached hydrogen (secondary N) is 1. The van der Waals surface area contributed by atoms with Gasteiger partial charge in [-0.05, 0) is 37.7 Å². The summed E-state index contributed by atoms with van der Waals surface area (Å²) in [5.74, 6) is 0. The van der Waals surface area contributed by atoms with E-state index in [0.29, 0.717) is 5.37 Å². The lowest BCUT2D eigenvalue weighted by atomic mass is 10.3. The monoisotopic (exact) mass is 501 g/mol. The van der Waals surface area contributed by atoms with E-state index >= 15 is 0 Å². The van der Waals surface area contributed by atoms with Crippen LogP contribution in [0.25, 0.3) is 0 Å². The summed E-state index contributed by atoms with van der Waals surface area (Å²) in [7, 11) is 0. The maximum Gasteiger partial charge on any atom is 0.294 e. The van der Waals surface area contributed by atoms with Crippen LogP contribution in [0.1, 0.15) is 20.8 Å². The number of halogens is 1. The molecule has 0 saturated heterocycles. The number of hydrogen-bond donors (Lipinski definition) is 1. The Balaban J connectivity index is 0.00000182. The molecule has 132 valence electrons. The van der Waals surface area contributed by atoms with Crippen molar-refractivity contribution in [3.63, 3.8) is 0 Å². The number of para-hydroxylation sites is 1. The van der Waals surface area contributed by atoms with Crippen molar-refractivity contribution >= 4 is 45.7 Å². The van der Waals surface area contributed by atoms with Crippen molar-refractivity contribution in [1.82, 2.24) is 4.98 Å². The molecule has 7 heteroatoms. The second kappa shape index (κ2) is 8.04. The lowest BCUT2D eigenvalue weighted by Gasteiger charge is -2.23. The van der Waals surface area contributed by atoms with Crippen LogP contribution in [0.15, 0.2) is 62.4 Å². The van der Waals surface area contributed by atoms with Gasteiger partial charge in [-0.3, -0.25) is 0 Å². The van der Waals surface area contributed by atoms with Gasteiger partial charge in [0.15, 0.2) is 5.03 Å². The molecule has 2 atom stereocenters. The van der Waals surface area contributed by atoms with Gasteiger partial charge < -0.3 is 28.9 Å². The zero-order chi connectivity index (χ0) is 16.7. The van der Waals surface area contributed by atoms with Crippen molar-refractivity contribution in [2.75, 3.05) is 11.4 Å². The number of rotatable bonds is 3. The summed E-state index contributed by atoms with van der Waals surface area (Å²) in [5, 5.41) is 4.89. The van der Waals surface area contributed by atoms with Gasteiger partial charge >= 0.3 is 0 Å². The Morgan fingerprint density at radius 1 is 1.28 bits per heavy atom. The topological polar surface area (TPSA) is 20.6 Å². The average Bonchev–Trinajstić information content (AvgIpc) is 3.27. The van der Waals surface area contributed by atoms with E-state index in [1.165, 1.54) is 31.1 Å². The van der Waals surface area contributed by atoms with Crippen LogP contribution < -0.4 is 33.8 Å². The minimum atomic E-state index is 0. The fraction of sp³-hybridized carbons (Fsp3) is 0.278. The molecule has 4 rings (SSSR count). The van der Waals surface area contributed by atoms with Crippen LogP contribution in [-0.2, 0) is 0 Å². The minimum absolute atomic E-state index is 0. The van der Waals surface area contributed by atoms with Gasteiger partial charge in [-0.2, -0.15) is 4.98 Å². The van der Waals surface area contributed by atoms with Crippen LogP contribution in [0.2, 0.25) is 0 Å². The molecule has 25 heavy (non-hydrogen) atoms. The van der Waals surface area contributed by atoms with Crippen LogP contribution in [-0.4, -0.2) is 16.9 Å². The first kappa shape index (κ1) is 19.3. The van der Waals surface area contributed by atoms with Crippen LogP contribution in [0.3, 0.4) is 0 Å². The first-order chi connectivity index (χ1) is 11.7. The van der Waals surface area contributed by atoms with Gasteiger partial charge in [0.2, 0.25) is 0 Å². The summed E-state index contributed by atoms with van der Waals surface area (Å²) < 4.78 is 0. The number of thiazole rings is 1. The Kier molecular flexibility index (Phi) is 6.20. The van der Waals surface area contributed by atoms with Crippen LogP contribution in [0, 0.1) is 0 Å². The number of fused-ring (bicyclic) bond motifs is 1. The molecule has 0 bridgehead atoms. The average molecular weight is 501 g/mol. The predicted octanol–water partition coefficient (Wildman–Crippen LogP) is 1.46. The Bertz CT molecular complexity index is 817. The second-order valence-electron chi connectivity index (χ2n) is 5.79. The number of nitrogens with zero attached hydrogens (tertiary/aromatic N) is 2. The van der Waals surface area contributed by atoms with Crippen molar-refractivity contribution in [3.05, 3.63) is 57.5 Å². The smallest absolute Gasteiger partial charge is 0.294 e. The lowest BCUT2D eigenvalue weighted by molar-refractivity contribution is -0.733. The first-order valence-corrected chi connectivity index (χ1v) is 10.6. The third-order valence-electron chi connectivity index (χ3n) is 4.42. The van der Waals surface area contributed by atoms with Gasteiger partial charge in [-0.1, -0.05) is 35.2 Å². The van der Waals surface area contributed by atoms with Crippen molar-refractivity contribution in [3.8, 4) is 0 Å². The molecule has 2 aliphatic heterocycles. The van der Waals surface area contributed by atoms with E-state index in [1.807, 2.05) is 29.7 Å². The predicted molar refractivity (Wildman–Crippen MR) is 106 cm³/mol. The number of benzene rings is 1. The molecule has 0 fully saturated rings. The molecule has 2 unspecified atom stereocenters. The Hall–Kier alpha value is -0.480. The first-order valence-electron chi connectivity index (χ1n) is 8.06. The van der Waals surface area contributed by atoms with E-state index in [2.05, 4.69) is 66.4 Å². The summed E-state index contributed by atoms with van der Waals surface area (Å²) in [6.45, 7) is 7.67. The molecule has 0 spiro atoms. The third kappa shape index (κ3) is 3.53. The highest BCUT2D eigenvalue weighted by Gasteiger charge is 2.36. The normalized spacial score (nSPS) is 24.0. The van der Waals surface area contributed by atoms with E-state index in [1.54, 1.807) is 11.3 Å². The summed E-state index contributed by atoms with van der Waals surface area (Å²) in [6.07, 6.45) is 4.32. The molecule has 0 amide bonds. The lowest BCUT2D eigenvalue weighted by Crippen LogP contribution is -3.01. The number of aromatic nitrogens is 1. The number of thioether (sulfide) groups is 2. The summed E-state index contributed by atoms with van der Waals surface area (Å²) in [6, 6.07) is 8.71. The molecule has 2 aliphatic rings. The molecule has 2 aromatic rings. The summed E-state index contributed by atoms with van der Waals surface area (Å²) >= 11 is 5.56. The van der Waals surface area contributed by atoms with E-state index in [0.717, 1.165) is 11.7 Å². The van der Waals surface area contributed by atoms with Crippen LogP contribution >= 0.6 is 34.9 Å². The fourth-order valence-electron chi connectivity index (χ4n) is 3.11. The largest absolute Gasteiger partial charge is 1.00 e. The molecule has 0 saturated carbocycles. The Labute approximate surface area is 178 Å². The van der Waals surface area contributed by atoms with Gasteiger partial charge in [0, 0.05) is 40.9 Å². The standard InChI is InChI=1S/C18H19N3S3.HI/c1-4-20-14-7-5-6-8-15(14)24-16(20)11-17-21(12(2)13(3)23-17)18-19-9-10-22-18;/h5-11,16H,4H2,1-3H3;1H. The van der Waals surface area contributed by atoms with E-state index in [9.17, 15) is 0 Å². The Morgan fingerprint density at radius 3 is 2.80 bits per heavy atom. The van der Waals surface area contributed by atoms with Crippen LogP contribution in [0.5, 0.6) is 0 Å². The SMILES string of the molecule is CCN1c2ccccc2SC1C=C1SC(C)=C(C)[NH+]1c1nccs1.[I-]. The van der Waals surface area contributed by atoms with Gasteiger partial charge in [0.25, 0.3) is 5.13 Å². The molecule has 1 aromatic carbocycles. The highest BCUT2D eigenvalue weighted by atomic mass is 127. The quantitative estimate of drug-likeness (QED) is 0.643. The molecule has 0 aliphatic carbocycles. The number of likely N-dealkylation sites (N-methyl/N-ethyl adjacent to an activating group) is 1. The molecule has 3 heterocycles. The molecule has 1 aromatic heterocycles. The van der Waals surface area contributed by atoms with E-state index < -0.39 is 0 Å². The molecular weight excluding hydrogens is 481 g/mol. The number of hydrogen-bond acceptors (Lipinski definition) is 5. The summed E-state index contributed by atoms with van der Waals surface area (Å²) in [5.41, 5.74) is 2.72. The molecule has 1 N–H and O–H groups in total. The number of anilines is 1. The zero-order valence-electron chi connectivity index (χ0n) is 14.3. The van der Waals surface area contributed by atoms with Gasteiger partial charge in [-0.25, -0.2) is 4.90 Å². The van der Waals surface area contributed by atoms with Gasteiger partial charge in [-0.15, -0.1) is 0 Å². The zero-order valence-corrected chi connectivity index (χ0v) is 18.9. The second-order valence-corrected chi connectivity index (χ2v) is 9.10. The van der Waals surface area contributed by atoms with E-state index in [4.69, 9.17) is 0 Å². The number of quaternary nitrogens is 1. The van der Waals surface area contributed by atoms with Gasteiger partial charge in [0.05, 0.1) is 5.69 Å². The van der Waals surface area contributed by atoms with Crippen molar-refractivity contribution < 1.29 is 28.9 Å². The molecular formula is C18H20IN3S3. The third-order valence-corrected chi connectivity index (χ3v) is 7.62. The highest BCUT2D eigenvalue weighted by molar-refractivity contribution is 8.06. The molecule has 0 radical (unpaired) electrons. The summed E-state index contributed by atoms with van der Waals surface area (Å²) in [4.78, 5) is 11.1. The highest BCUT2D eigenvalue weighted by Crippen LogP contribution is 2.44. The fourth-order valence-corrected chi connectivity index (χ4v) is 6.47. The maximum atomic E-state index is 4.56. The minimum Gasteiger partial charge on any atom is -1.00 e.